The predicted molar refractivity (Wildman–Crippen MR) is 78.1 cm³/mol. The molecule has 1 aromatic rings. The van der Waals surface area contributed by atoms with E-state index in [4.69, 9.17) is 9.47 Å². The van der Waals surface area contributed by atoms with Gasteiger partial charge in [0.05, 0.1) is 13.2 Å². The van der Waals surface area contributed by atoms with Crippen molar-refractivity contribution < 1.29 is 9.47 Å². The number of benzene rings is 1. The molecule has 2 nitrogen and oxygen atoms in total. The second-order valence-electron chi connectivity index (χ2n) is 5.18. The van der Waals surface area contributed by atoms with Crippen LogP contribution < -0.4 is 0 Å². The fourth-order valence-electron chi connectivity index (χ4n) is 2.81. The zero-order valence-electron chi connectivity index (χ0n) is 11.4. The van der Waals surface area contributed by atoms with Crippen molar-refractivity contribution in [2.24, 2.45) is 0 Å². The van der Waals surface area contributed by atoms with E-state index in [9.17, 15) is 0 Å². The number of hydrogen-bond donors (Lipinski definition) is 0. The topological polar surface area (TPSA) is 18.5 Å². The van der Waals surface area contributed by atoms with E-state index in [0.717, 1.165) is 38.9 Å². The molecule has 0 atom stereocenters. The summed E-state index contributed by atoms with van der Waals surface area (Å²) in [5, 5.41) is 0. The van der Waals surface area contributed by atoms with Crippen LogP contribution in [0.4, 0.5) is 0 Å². The standard InChI is InChI=1S/C16H20O2S/c1-13(19-15-5-3-2-4-6-15)14-7-9-16(10-8-14)17-11-12-18-16/h2-6H,7-12H2,1H3. The molecule has 1 saturated carbocycles. The van der Waals surface area contributed by atoms with Crippen molar-refractivity contribution in [3.8, 4) is 0 Å². The lowest BCUT2D eigenvalue weighted by Gasteiger charge is -2.33. The van der Waals surface area contributed by atoms with Crippen LogP contribution in [0.3, 0.4) is 0 Å². The van der Waals surface area contributed by atoms with Crippen LogP contribution in [0.1, 0.15) is 32.6 Å². The lowest BCUT2D eigenvalue weighted by molar-refractivity contribution is -0.171. The van der Waals surface area contributed by atoms with Crippen molar-refractivity contribution in [1.82, 2.24) is 0 Å². The molecular formula is C16H20O2S. The fourth-order valence-corrected chi connectivity index (χ4v) is 3.80. The van der Waals surface area contributed by atoms with Crippen LogP contribution >= 0.6 is 11.8 Å². The molecule has 0 N–H and O–H groups in total. The lowest BCUT2D eigenvalue weighted by atomic mass is 9.89. The van der Waals surface area contributed by atoms with Crippen molar-refractivity contribution in [3.05, 3.63) is 40.8 Å². The van der Waals surface area contributed by atoms with Crippen LogP contribution in [0.2, 0.25) is 0 Å². The van der Waals surface area contributed by atoms with Gasteiger partial charge in [-0.1, -0.05) is 35.5 Å². The Morgan fingerprint density at radius 3 is 2.32 bits per heavy atom. The summed E-state index contributed by atoms with van der Waals surface area (Å²) < 4.78 is 11.6. The largest absolute Gasteiger partial charge is 0.348 e. The monoisotopic (exact) mass is 276 g/mol. The van der Waals surface area contributed by atoms with Crippen molar-refractivity contribution in [2.75, 3.05) is 13.2 Å². The van der Waals surface area contributed by atoms with Gasteiger partial charge in [-0.3, -0.25) is 0 Å². The molecule has 0 aromatic heterocycles. The van der Waals surface area contributed by atoms with Crippen molar-refractivity contribution in [2.45, 2.75) is 43.3 Å². The van der Waals surface area contributed by atoms with E-state index in [-0.39, 0.29) is 5.79 Å². The van der Waals surface area contributed by atoms with Gasteiger partial charge in [-0.2, -0.15) is 0 Å². The van der Waals surface area contributed by atoms with E-state index in [1.54, 1.807) is 5.57 Å². The number of allylic oxidation sites excluding steroid dienone is 2. The Balaban J connectivity index is 1.64. The molecule has 19 heavy (non-hydrogen) atoms. The molecule has 2 aliphatic rings. The molecule has 0 bridgehead atoms. The maximum atomic E-state index is 5.78. The Hall–Kier alpha value is -0.770. The molecule has 3 heteroatoms. The van der Waals surface area contributed by atoms with Gasteiger partial charge < -0.3 is 9.47 Å². The highest BCUT2D eigenvalue weighted by Gasteiger charge is 2.39. The second kappa shape index (κ2) is 5.70. The molecule has 0 amide bonds. The van der Waals surface area contributed by atoms with Crippen LogP contribution in [-0.2, 0) is 9.47 Å². The van der Waals surface area contributed by atoms with Crippen LogP contribution in [-0.4, -0.2) is 19.0 Å². The van der Waals surface area contributed by atoms with Gasteiger partial charge in [0.1, 0.15) is 0 Å². The van der Waals surface area contributed by atoms with E-state index in [1.165, 1.54) is 9.80 Å². The quantitative estimate of drug-likeness (QED) is 0.747. The van der Waals surface area contributed by atoms with Gasteiger partial charge in [0.2, 0.25) is 0 Å². The van der Waals surface area contributed by atoms with Gasteiger partial charge in [-0.25, -0.2) is 0 Å². The molecule has 2 fully saturated rings. The molecule has 1 spiro atoms. The van der Waals surface area contributed by atoms with Gasteiger partial charge in [-0.05, 0) is 36.8 Å². The van der Waals surface area contributed by atoms with Crippen molar-refractivity contribution in [3.63, 3.8) is 0 Å². The zero-order chi connectivity index (χ0) is 13.1. The molecular weight excluding hydrogens is 256 g/mol. The van der Waals surface area contributed by atoms with Gasteiger partial charge in [0.15, 0.2) is 5.79 Å². The second-order valence-corrected chi connectivity index (χ2v) is 6.47. The normalized spacial score (nSPS) is 21.8. The first-order valence-electron chi connectivity index (χ1n) is 6.97. The summed E-state index contributed by atoms with van der Waals surface area (Å²) in [6, 6.07) is 10.6. The minimum Gasteiger partial charge on any atom is -0.348 e. The summed E-state index contributed by atoms with van der Waals surface area (Å²) in [7, 11) is 0. The molecule has 1 aromatic carbocycles. The number of ether oxygens (including phenoxy) is 2. The van der Waals surface area contributed by atoms with Crippen LogP contribution in [0.15, 0.2) is 45.7 Å². The van der Waals surface area contributed by atoms with E-state index in [0.29, 0.717) is 0 Å². The van der Waals surface area contributed by atoms with Crippen molar-refractivity contribution in [1.29, 1.82) is 0 Å². The molecule has 0 radical (unpaired) electrons. The summed E-state index contributed by atoms with van der Waals surface area (Å²) >= 11 is 1.88. The number of hydrogen-bond acceptors (Lipinski definition) is 3. The van der Waals surface area contributed by atoms with E-state index < -0.39 is 0 Å². The van der Waals surface area contributed by atoms with Crippen LogP contribution in [0.5, 0.6) is 0 Å². The molecule has 1 saturated heterocycles. The van der Waals surface area contributed by atoms with Gasteiger partial charge >= 0.3 is 0 Å². The Morgan fingerprint density at radius 2 is 1.68 bits per heavy atom. The first-order valence-corrected chi connectivity index (χ1v) is 7.79. The average Bonchev–Trinajstić information content (AvgIpc) is 2.89. The molecule has 1 aliphatic heterocycles. The molecule has 1 aliphatic carbocycles. The summed E-state index contributed by atoms with van der Waals surface area (Å²) in [5.74, 6) is -0.249. The number of rotatable bonds is 2. The van der Waals surface area contributed by atoms with Crippen LogP contribution in [0.25, 0.3) is 0 Å². The minimum absolute atomic E-state index is 0.249. The summed E-state index contributed by atoms with van der Waals surface area (Å²) in [4.78, 5) is 2.76. The highest BCUT2D eigenvalue weighted by Crippen LogP contribution is 2.41. The van der Waals surface area contributed by atoms with Gasteiger partial charge in [0.25, 0.3) is 0 Å². The maximum absolute atomic E-state index is 5.78. The Bertz CT molecular complexity index is 449. The lowest BCUT2D eigenvalue weighted by Crippen LogP contribution is -2.33. The predicted octanol–water partition coefficient (Wildman–Crippen LogP) is 4.37. The maximum Gasteiger partial charge on any atom is 0.169 e. The smallest absolute Gasteiger partial charge is 0.169 e. The molecule has 102 valence electrons. The third-order valence-corrected chi connectivity index (χ3v) is 5.04. The Kier molecular flexibility index (Phi) is 3.96. The van der Waals surface area contributed by atoms with Crippen LogP contribution in [0, 0.1) is 0 Å². The molecule has 0 unspecified atom stereocenters. The van der Waals surface area contributed by atoms with E-state index >= 15 is 0 Å². The summed E-state index contributed by atoms with van der Waals surface area (Å²) in [5.41, 5.74) is 1.57. The van der Waals surface area contributed by atoms with Crippen molar-refractivity contribution >= 4 is 11.8 Å². The first-order chi connectivity index (χ1) is 9.27. The van der Waals surface area contributed by atoms with Gasteiger partial charge in [-0.15, -0.1) is 0 Å². The fraction of sp³-hybridized carbons (Fsp3) is 0.500. The zero-order valence-corrected chi connectivity index (χ0v) is 12.2. The Morgan fingerprint density at radius 1 is 1.05 bits per heavy atom. The third-order valence-electron chi connectivity index (χ3n) is 3.94. The summed E-state index contributed by atoms with van der Waals surface area (Å²) in [6.07, 6.45) is 4.22. The van der Waals surface area contributed by atoms with E-state index in [1.807, 2.05) is 11.8 Å². The summed E-state index contributed by atoms with van der Waals surface area (Å²) in [6.45, 7) is 3.76. The highest BCUT2D eigenvalue weighted by atomic mass is 32.2. The third kappa shape index (κ3) is 3.04. The number of thioether (sulfide) groups is 1. The first kappa shape index (κ1) is 13.2. The Labute approximate surface area is 119 Å². The SMILES string of the molecule is CC(Sc1ccccc1)=C1CCC2(CC1)OCCO2. The highest BCUT2D eigenvalue weighted by molar-refractivity contribution is 8.03. The minimum atomic E-state index is -0.249. The molecule has 3 rings (SSSR count). The average molecular weight is 276 g/mol. The molecule has 1 heterocycles. The van der Waals surface area contributed by atoms with E-state index in [2.05, 4.69) is 37.3 Å². The van der Waals surface area contributed by atoms with Gasteiger partial charge in [0, 0.05) is 17.7 Å².